The summed E-state index contributed by atoms with van der Waals surface area (Å²) in [5.41, 5.74) is 0.787. The Kier molecular flexibility index (Phi) is 7.38. The molecule has 1 amide bonds. The van der Waals surface area contributed by atoms with Gasteiger partial charge in [0.1, 0.15) is 4.88 Å². The van der Waals surface area contributed by atoms with Gasteiger partial charge in [-0.05, 0) is 24.4 Å². The van der Waals surface area contributed by atoms with Crippen LogP contribution in [0.3, 0.4) is 0 Å². The van der Waals surface area contributed by atoms with Crippen molar-refractivity contribution < 1.29 is 9.53 Å². The van der Waals surface area contributed by atoms with Crippen molar-refractivity contribution in [3.8, 4) is 0 Å². The average molecular weight is 336 g/mol. The van der Waals surface area contributed by atoms with Crippen LogP contribution in [-0.4, -0.2) is 40.6 Å². The van der Waals surface area contributed by atoms with E-state index < -0.39 is 0 Å². The highest BCUT2D eigenvalue weighted by Gasteiger charge is 2.19. The third-order valence-corrected chi connectivity index (χ3v) is 3.63. The summed E-state index contributed by atoms with van der Waals surface area (Å²) in [5, 5.41) is 7.77. The maximum absolute atomic E-state index is 12.1. The van der Waals surface area contributed by atoms with Crippen LogP contribution in [0.15, 0.2) is 0 Å². The van der Waals surface area contributed by atoms with Gasteiger partial charge in [-0.2, -0.15) is 0 Å². The lowest BCUT2D eigenvalue weighted by atomic mass is 10.2. The summed E-state index contributed by atoms with van der Waals surface area (Å²) in [5.74, 6) is -0.101. The van der Waals surface area contributed by atoms with Crippen LogP contribution in [0.2, 0.25) is 0 Å². The van der Waals surface area contributed by atoms with E-state index in [0.29, 0.717) is 11.5 Å². The van der Waals surface area contributed by atoms with Gasteiger partial charge < -0.3 is 10.1 Å². The Morgan fingerprint density at radius 3 is 3.00 bits per heavy atom. The van der Waals surface area contributed by atoms with Gasteiger partial charge in [0, 0.05) is 12.4 Å². The van der Waals surface area contributed by atoms with E-state index in [-0.39, 0.29) is 11.9 Å². The molecule has 7 heteroatoms. The zero-order valence-corrected chi connectivity index (χ0v) is 13.0. The summed E-state index contributed by atoms with van der Waals surface area (Å²) in [7, 11) is 1.63. The number of rotatable bonds is 8. The number of aryl methyl sites for hydroxylation is 1. The topological polar surface area (TPSA) is 64.1 Å². The molecule has 0 aliphatic carbocycles. The van der Waals surface area contributed by atoms with E-state index in [2.05, 4.69) is 37.8 Å². The van der Waals surface area contributed by atoms with Gasteiger partial charge in [0.05, 0.1) is 18.3 Å². The first-order valence-corrected chi connectivity index (χ1v) is 7.79. The van der Waals surface area contributed by atoms with E-state index >= 15 is 0 Å². The number of nitrogens with zero attached hydrogens (tertiary/aromatic N) is 2. The molecule has 102 valence electrons. The van der Waals surface area contributed by atoms with Crippen molar-refractivity contribution in [1.82, 2.24) is 14.9 Å². The Hall–Kier alpha value is -0.530. The molecule has 0 saturated heterocycles. The van der Waals surface area contributed by atoms with Crippen LogP contribution >= 0.6 is 27.5 Å². The third-order valence-electron chi connectivity index (χ3n) is 2.41. The second-order valence-corrected chi connectivity index (χ2v) is 5.45. The van der Waals surface area contributed by atoms with E-state index in [9.17, 15) is 4.79 Å². The number of halogens is 1. The fourth-order valence-electron chi connectivity index (χ4n) is 1.56. The number of hydrogen-bond donors (Lipinski definition) is 1. The summed E-state index contributed by atoms with van der Waals surface area (Å²) in [6, 6.07) is 0.0125. The van der Waals surface area contributed by atoms with Gasteiger partial charge >= 0.3 is 0 Å². The first-order valence-electron chi connectivity index (χ1n) is 5.89. The second-order valence-electron chi connectivity index (χ2n) is 3.90. The van der Waals surface area contributed by atoms with E-state index in [1.807, 2.05) is 0 Å². The molecule has 0 bridgehead atoms. The minimum Gasteiger partial charge on any atom is -0.383 e. The first-order chi connectivity index (χ1) is 8.72. The molecule has 18 heavy (non-hydrogen) atoms. The summed E-state index contributed by atoms with van der Waals surface area (Å²) in [4.78, 5) is 12.7. The SMILES string of the molecule is CCCc1nnsc1C(=O)NC(CCBr)COC. The minimum atomic E-state index is -0.101. The van der Waals surface area contributed by atoms with Crippen molar-refractivity contribution in [3.05, 3.63) is 10.6 Å². The monoisotopic (exact) mass is 335 g/mol. The lowest BCUT2D eigenvalue weighted by Gasteiger charge is -2.16. The predicted octanol–water partition coefficient (Wildman–Crippen LogP) is 2.02. The molecule has 1 N–H and O–H groups in total. The standard InChI is InChI=1S/C11H18BrN3O2S/c1-3-4-9-10(18-15-14-9)11(16)13-8(5-6-12)7-17-2/h8H,3-7H2,1-2H3,(H,13,16). The number of aromatic nitrogens is 2. The summed E-state index contributed by atoms with van der Waals surface area (Å²) in [6.45, 7) is 2.56. The number of amides is 1. The van der Waals surface area contributed by atoms with Crippen LogP contribution in [0, 0.1) is 0 Å². The second kappa shape index (κ2) is 8.55. The summed E-state index contributed by atoms with van der Waals surface area (Å²) in [6.07, 6.45) is 2.57. The van der Waals surface area contributed by atoms with Crippen molar-refractivity contribution in [2.24, 2.45) is 0 Å². The van der Waals surface area contributed by atoms with E-state index in [0.717, 1.165) is 41.8 Å². The Morgan fingerprint density at radius 2 is 2.39 bits per heavy atom. The Morgan fingerprint density at radius 1 is 1.61 bits per heavy atom. The third kappa shape index (κ3) is 4.62. The normalized spacial score (nSPS) is 12.4. The molecule has 0 fully saturated rings. The van der Waals surface area contributed by atoms with E-state index in [1.165, 1.54) is 0 Å². The quantitative estimate of drug-likeness (QED) is 0.738. The smallest absolute Gasteiger partial charge is 0.265 e. The van der Waals surface area contributed by atoms with Gasteiger partial charge in [0.2, 0.25) is 0 Å². The molecule has 1 aromatic heterocycles. The zero-order valence-electron chi connectivity index (χ0n) is 10.6. The molecule has 0 spiro atoms. The lowest BCUT2D eigenvalue weighted by Crippen LogP contribution is -2.38. The van der Waals surface area contributed by atoms with Crippen LogP contribution in [0.5, 0.6) is 0 Å². The molecule has 1 rings (SSSR count). The molecule has 1 unspecified atom stereocenters. The zero-order chi connectivity index (χ0) is 13.4. The van der Waals surface area contributed by atoms with Gasteiger partial charge in [-0.25, -0.2) is 0 Å². The average Bonchev–Trinajstić information content (AvgIpc) is 2.78. The highest BCUT2D eigenvalue weighted by Crippen LogP contribution is 2.13. The Balaban J connectivity index is 2.64. The van der Waals surface area contributed by atoms with Crippen LogP contribution in [0.4, 0.5) is 0 Å². The molecule has 5 nitrogen and oxygen atoms in total. The van der Waals surface area contributed by atoms with Gasteiger partial charge in [-0.15, -0.1) is 5.10 Å². The van der Waals surface area contributed by atoms with Crippen LogP contribution in [0.25, 0.3) is 0 Å². The molecule has 0 radical (unpaired) electrons. The fraction of sp³-hybridized carbons (Fsp3) is 0.727. The number of ether oxygens (including phenoxy) is 1. The number of nitrogens with one attached hydrogen (secondary N) is 1. The first kappa shape index (κ1) is 15.5. The Bertz CT molecular complexity index is 367. The number of hydrogen-bond acceptors (Lipinski definition) is 5. The highest BCUT2D eigenvalue weighted by molar-refractivity contribution is 9.09. The predicted molar refractivity (Wildman–Crippen MR) is 75.4 cm³/mol. The van der Waals surface area contributed by atoms with Crippen LogP contribution in [0.1, 0.15) is 35.1 Å². The maximum atomic E-state index is 12.1. The number of alkyl halides is 1. The molecule has 0 aromatic carbocycles. The molecular formula is C11H18BrN3O2S. The molecular weight excluding hydrogens is 318 g/mol. The van der Waals surface area contributed by atoms with Crippen LogP contribution < -0.4 is 5.32 Å². The summed E-state index contributed by atoms with van der Waals surface area (Å²) >= 11 is 4.52. The minimum absolute atomic E-state index is 0.0125. The van der Waals surface area contributed by atoms with Crippen molar-refractivity contribution in [3.63, 3.8) is 0 Å². The molecule has 0 aliphatic rings. The number of carbonyl (C=O) groups is 1. The molecule has 1 heterocycles. The van der Waals surface area contributed by atoms with Gasteiger partial charge in [0.15, 0.2) is 0 Å². The van der Waals surface area contributed by atoms with E-state index in [4.69, 9.17) is 4.74 Å². The van der Waals surface area contributed by atoms with Crippen LogP contribution in [-0.2, 0) is 11.2 Å². The summed E-state index contributed by atoms with van der Waals surface area (Å²) < 4.78 is 8.94. The van der Waals surface area contributed by atoms with Crippen molar-refractivity contribution in [1.29, 1.82) is 0 Å². The van der Waals surface area contributed by atoms with E-state index in [1.54, 1.807) is 7.11 Å². The van der Waals surface area contributed by atoms with Gasteiger partial charge in [0.25, 0.3) is 5.91 Å². The molecule has 0 saturated carbocycles. The van der Waals surface area contributed by atoms with Gasteiger partial charge in [-0.3, -0.25) is 4.79 Å². The largest absolute Gasteiger partial charge is 0.383 e. The molecule has 1 aromatic rings. The Labute approximate surface area is 120 Å². The maximum Gasteiger partial charge on any atom is 0.265 e. The number of methoxy groups -OCH3 is 1. The van der Waals surface area contributed by atoms with Crippen molar-refractivity contribution in [2.45, 2.75) is 32.2 Å². The molecule has 1 atom stereocenters. The van der Waals surface area contributed by atoms with Crippen molar-refractivity contribution >= 4 is 33.4 Å². The van der Waals surface area contributed by atoms with Gasteiger partial charge in [-0.1, -0.05) is 33.8 Å². The fourth-order valence-corrected chi connectivity index (χ4v) is 2.73. The highest BCUT2D eigenvalue weighted by atomic mass is 79.9. The lowest BCUT2D eigenvalue weighted by molar-refractivity contribution is 0.0898. The number of carbonyl (C=O) groups excluding carboxylic acids is 1. The molecule has 0 aliphatic heterocycles. The van der Waals surface area contributed by atoms with Crippen molar-refractivity contribution in [2.75, 3.05) is 19.0 Å².